The first-order valence-corrected chi connectivity index (χ1v) is 11.4. The van der Waals surface area contributed by atoms with Gasteiger partial charge in [-0.3, -0.25) is 9.59 Å². The number of carbonyl (C=O) groups excluding carboxylic acids is 2. The van der Waals surface area contributed by atoms with Gasteiger partial charge in [0.2, 0.25) is 12.7 Å². The molecule has 0 aromatic heterocycles. The Morgan fingerprint density at radius 2 is 1.80 bits per heavy atom. The van der Waals surface area contributed by atoms with E-state index in [0.717, 1.165) is 11.4 Å². The Bertz CT molecular complexity index is 912. The minimum absolute atomic E-state index is 0.0107. The molecule has 1 aliphatic carbocycles. The average molecular weight is 427 g/mol. The lowest BCUT2D eigenvalue weighted by Gasteiger charge is -2.21. The van der Waals surface area contributed by atoms with E-state index in [-0.39, 0.29) is 18.6 Å². The van der Waals surface area contributed by atoms with Crippen LogP contribution in [0.2, 0.25) is 0 Å². The molecule has 4 rings (SSSR count). The van der Waals surface area contributed by atoms with E-state index in [4.69, 9.17) is 9.47 Å². The van der Waals surface area contributed by atoms with Crippen LogP contribution < -0.4 is 20.1 Å². The molecule has 30 heavy (non-hydrogen) atoms. The zero-order chi connectivity index (χ0) is 20.8. The molecule has 2 aromatic rings. The van der Waals surface area contributed by atoms with Crippen molar-refractivity contribution in [1.82, 2.24) is 5.32 Å². The molecule has 0 bridgehead atoms. The number of fused-ring (bicyclic) bond motifs is 1. The van der Waals surface area contributed by atoms with Crippen molar-refractivity contribution in [3.63, 3.8) is 0 Å². The molecule has 0 atom stereocenters. The van der Waals surface area contributed by atoms with E-state index in [1.165, 1.54) is 43.9 Å². The standard InChI is InChI=1S/C23H26N2O4S/c26-22(24-13-16-6-2-1-3-7-16)14-30-21-9-5-4-8-18(21)23(27)25-17-10-11-19-20(12-17)29-15-28-19/h4-5,8-12,16H,1-3,6-7,13-15H2,(H,24,26)(H,25,27). The number of ether oxygens (including phenoxy) is 2. The lowest BCUT2D eigenvalue weighted by atomic mass is 9.89. The summed E-state index contributed by atoms with van der Waals surface area (Å²) < 4.78 is 10.7. The first-order chi connectivity index (χ1) is 14.7. The Hall–Kier alpha value is -2.67. The van der Waals surface area contributed by atoms with E-state index in [1.807, 2.05) is 18.2 Å². The molecule has 1 heterocycles. The Labute approximate surface area is 180 Å². The molecule has 0 unspecified atom stereocenters. The first kappa shape index (κ1) is 20.6. The van der Waals surface area contributed by atoms with Crippen molar-refractivity contribution in [1.29, 1.82) is 0 Å². The minimum Gasteiger partial charge on any atom is -0.454 e. The Morgan fingerprint density at radius 3 is 2.67 bits per heavy atom. The van der Waals surface area contributed by atoms with Gasteiger partial charge in [-0.2, -0.15) is 0 Å². The zero-order valence-corrected chi connectivity index (χ0v) is 17.6. The van der Waals surface area contributed by atoms with Gasteiger partial charge >= 0.3 is 0 Å². The van der Waals surface area contributed by atoms with Crippen LogP contribution >= 0.6 is 11.8 Å². The van der Waals surface area contributed by atoms with Crippen LogP contribution in [0.4, 0.5) is 5.69 Å². The Kier molecular flexibility index (Phi) is 6.79. The van der Waals surface area contributed by atoms with Crippen LogP contribution in [0.5, 0.6) is 11.5 Å². The number of amides is 2. The molecule has 0 saturated heterocycles. The van der Waals surface area contributed by atoms with Gasteiger partial charge in [-0.15, -0.1) is 11.8 Å². The van der Waals surface area contributed by atoms with E-state index in [0.29, 0.717) is 34.4 Å². The molecule has 0 spiro atoms. The van der Waals surface area contributed by atoms with Crippen molar-refractivity contribution in [3.05, 3.63) is 48.0 Å². The van der Waals surface area contributed by atoms with Crippen molar-refractivity contribution < 1.29 is 19.1 Å². The van der Waals surface area contributed by atoms with Crippen LogP contribution in [0.25, 0.3) is 0 Å². The topological polar surface area (TPSA) is 76.7 Å². The Morgan fingerprint density at radius 1 is 1.00 bits per heavy atom. The first-order valence-electron chi connectivity index (χ1n) is 10.4. The van der Waals surface area contributed by atoms with Gasteiger partial charge in [-0.1, -0.05) is 31.4 Å². The lowest BCUT2D eigenvalue weighted by molar-refractivity contribution is -0.118. The van der Waals surface area contributed by atoms with E-state index < -0.39 is 0 Å². The summed E-state index contributed by atoms with van der Waals surface area (Å²) in [7, 11) is 0. The molecule has 2 aromatic carbocycles. The highest BCUT2D eigenvalue weighted by Crippen LogP contribution is 2.34. The highest BCUT2D eigenvalue weighted by Gasteiger charge is 2.18. The third-order valence-corrected chi connectivity index (χ3v) is 6.51. The molecule has 2 N–H and O–H groups in total. The molecule has 7 heteroatoms. The van der Waals surface area contributed by atoms with Crippen LogP contribution in [-0.2, 0) is 4.79 Å². The number of rotatable bonds is 7. The molecular weight excluding hydrogens is 400 g/mol. The number of benzene rings is 2. The van der Waals surface area contributed by atoms with E-state index in [9.17, 15) is 9.59 Å². The number of nitrogens with one attached hydrogen (secondary N) is 2. The van der Waals surface area contributed by atoms with Crippen LogP contribution in [0.3, 0.4) is 0 Å². The van der Waals surface area contributed by atoms with Crippen molar-refractivity contribution in [3.8, 4) is 11.5 Å². The highest BCUT2D eigenvalue weighted by molar-refractivity contribution is 8.00. The number of hydrogen-bond acceptors (Lipinski definition) is 5. The number of hydrogen-bond donors (Lipinski definition) is 2. The summed E-state index contributed by atoms with van der Waals surface area (Å²) in [6, 6.07) is 12.6. The third kappa shape index (κ3) is 5.27. The quantitative estimate of drug-likeness (QED) is 0.640. The monoisotopic (exact) mass is 426 g/mol. The fraction of sp³-hybridized carbons (Fsp3) is 0.391. The summed E-state index contributed by atoms with van der Waals surface area (Å²) in [5.41, 5.74) is 1.18. The number of thioether (sulfide) groups is 1. The van der Waals surface area contributed by atoms with Gasteiger partial charge in [0.05, 0.1) is 11.3 Å². The summed E-state index contributed by atoms with van der Waals surface area (Å²) in [4.78, 5) is 25.9. The lowest BCUT2D eigenvalue weighted by Crippen LogP contribution is -2.31. The zero-order valence-electron chi connectivity index (χ0n) is 16.8. The van der Waals surface area contributed by atoms with E-state index in [2.05, 4.69) is 10.6 Å². The van der Waals surface area contributed by atoms with Crippen molar-refractivity contribution in [2.45, 2.75) is 37.0 Å². The second kappa shape index (κ2) is 9.89. The second-order valence-electron chi connectivity index (χ2n) is 7.62. The molecule has 158 valence electrons. The van der Waals surface area contributed by atoms with Gasteiger partial charge in [-0.25, -0.2) is 0 Å². The van der Waals surface area contributed by atoms with Gasteiger partial charge < -0.3 is 20.1 Å². The predicted molar refractivity (Wildman–Crippen MR) is 117 cm³/mol. The Balaban J connectivity index is 1.32. The summed E-state index contributed by atoms with van der Waals surface area (Å²) >= 11 is 1.38. The fourth-order valence-corrected chi connectivity index (χ4v) is 4.68. The molecule has 1 saturated carbocycles. The smallest absolute Gasteiger partial charge is 0.256 e. The van der Waals surface area contributed by atoms with Gasteiger partial charge in [0, 0.05) is 23.2 Å². The molecule has 1 fully saturated rings. The molecule has 1 aliphatic heterocycles. The van der Waals surface area contributed by atoms with Crippen molar-refractivity contribution >= 4 is 29.3 Å². The van der Waals surface area contributed by atoms with Crippen molar-refractivity contribution in [2.24, 2.45) is 5.92 Å². The number of carbonyl (C=O) groups is 2. The van der Waals surface area contributed by atoms with E-state index in [1.54, 1.807) is 24.3 Å². The maximum Gasteiger partial charge on any atom is 0.256 e. The SMILES string of the molecule is O=C(CSc1ccccc1C(=O)Nc1ccc2c(c1)OCO2)NCC1CCCCC1. The normalized spacial score (nSPS) is 15.6. The summed E-state index contributed by atoms with van der Waals surface area (Å²) in [5.74, 6) is 1.97. The van der Waals surface area contributed by atoms with Crippen LogP contribution in [-0.4, -0.2) is 30.9 Å². The summed E-state index contributed by atoms with van der Waals surface area (Å²) in [6.45, 7) is 0.945. The maximum atomic E-state index is 12.8. The van der Waals surface area contributed by atoms with Crippen molar-refractivity contribution in [2.75, 3.05) is 24.4 Å². The van der Waals surface area contributed by atoms with Gasteiger partial charge in [0.25, 0.3) is 5.91 Å². The molecule has 2 aliphatic rings. The molecule has 0 radical (unpaired) electrons. The molecule has 2 amide bonds. The maximum absolute atomic E-state index is 12.8. The second-order valence-corrected chi connectivity index (χ2v) is 8.63. The molecular formula is C23H26N2O4S. The summed E-state index contributed by atoms with van der Waals surface area (Å²) in [5, 5.41) is 5.94. The van der Waals surface area contributed by atoms with Crippen LogP contribution in [0, 0.1) is 5.92 Å². The third-order valence-electron chi connectivity index (χ3n) is 5.43. The number of anilines is 1. The largest absolute Gasteiger partial charge is 0.454 e. The van der Waals surface area contributed by atoms with Gasteiger partial charge in [0.15, 0.2) is 11.5 Å². The fourth-order valence-electron chi connectivity index (χ4n) is 3.80. The average Bonchev–Trinajstić information content (AvgIpc) is 3.25. The van der Waals surface area contributed by atoms with Gasteiger partial charge in [-0.05, 0) is 43.0 Å². The minimum atomic E-state index is -0.223. The molecule has 6 nitrogen and oxygen atoms in total. The highest BCUT2D eigenvalue weighted by atomic mass is 32.2. The van der Waals surface area contributed by atoms with Gasteiger partial charge in [0.1, 0.15) is 0 Å². The van der Waals surface area contributed by atoms with Crippen LogP contribution in [0.1, 0.15) is 42.5 Å². The summed E-state index contributed by atoms with van der Waals surface area (Å²) in [6.07, 6.45) is 6.25. The van der Waals surface area contributed by atoms with E-state index >= 15 is 0 Å². The predicted octanol–water partition coefficient (Wildman–Crippen LogP) is 4.46. The van der Waals surface area contributed by atoms with Crippen LogP contribution in [0.15, 0.2) is 47.4 Å².